The van der Waals surface area contributed by atoms with Gasteiger partial charge in [-0.05, 0) is 42.7 Å². The van der Waals surface area contributed by atoms with Crippen LogP contribution in [0.1, 0.15) is 36.8 Å². The Hall–Kier alpha value is -3.56. The molecule has 1 atom stereocenters. The Bertz CT molecular complexity index is 1330. The summed E-state index contributed by atoms with van der Waals surface area (Å²) >= 11 is 12.6. The molecule has 0 aliphatic heterocycles. The van der Waals surface area contributed by atoms with Crippen LogP contribution < -0.4 is 22.1 Å². The number of anilines is 1. The molecule has 190 valence electrons. The molecule has 1 unspecified atom stereocenters. The first-order valence-electron chi connectivity index (χ1n) is 11.1. The number of aromatic nitrogens is 2. The third-order valence-electron chi connectivity index (χ3n) is 5.50. The van der Waals surface area contributed by atoms with Gasteiger partial charge in [0.2, 0.25) is 11.8 Å². The van der Waals surface area contributed by atoms with Gasteiger partial charge >= 0.3 is 0 Å². The van der Waals surface area contributed by atoms with Gasteiger partial charge in [-0.3, -0.25) is 14.4 Å². The van der Waals surface area contributed by atoms with E-state index < -0.39 is 29.2 Å². The predicted molar refractivity (Wildman–Crippen MR) is 141 cm³/mol. The van der Waals surface area contributed by atoms with Crippen molar-refractivity contribution in [1.29, 1.82) is 0 Å². The fourth-order valence-electron chi connectivity index (χ4n) is 3.76. The average molecular weight is 531 g/mol. The Balaban J connectivity index is 2.17. The van der Waals surface area contributed by atoms with Crippen LogP contribution in [0.4, 0.5) is 5.69 Å². The Morgan fingerprint density at radius 3 is 2.36 bits per heavy atom. The Morgan fingerprint density at radius 2 is 1.78 bits per heavy atom. The van der Waals surface area contributed by atoms with Gasteiger partial charge in [0, 0.05) is 21.8 Å². The van der Waals surface area contributed by atoms with Crippen LogP contribution in [0, 0.1) is 12.3 Å². The van der Waals surface area contributed by atoms with Crippen molar-refractivity contribution in [3.05, 3.63) is 63.8 Å². The number of benzene rings is 2. The molecule has 3 amide bonds. The SMILES string of the molecule is Cc1c(C(=O)NC(C(N)=O)C(C)(C)C)nn(-c2ccc(Cl)cc2Cl)c1-c1cccc(NCC(N)=O)c1. The molecule has 3 aromatic rings. The summed E-state index contributed by atoms with van der Waals surface area (Å²) < 4.78 is 1.55. The van der Waals surface area contributed by atoms with Gasteiger partial charge in [0.05, 0.1) is 22.9 Å². The number of hydrogen-bond donors (Lipinski definition) is 4. The van der Waals surface area contributed by atoms with E-state index in [2.05, 4.69) is 15.7 Å². The van der Waals surface area contributed by atoms with Crippen LogP contribution in [-0.4, -0.2) is 40.1 Å². The quantitative estimate of drug-likeness (QED) is 0.350. The first-order chi connectivity index (χ1) is 16.8. The molecule has 2 aromatic carbocycles. The smallest absolute Gasteiger partial charge is 0.272 e. The fourth-order valence-corrected chi connectivity index (χ4v) is 4.25. The maximum absolute atomic E-state index is 13.3. The van der Waals surface area contributed by atoms with Crippen molar-refractivity contribution in [3.63, 3.8) is 0 Å². The lowest BCUT2D eigenvalue weighted by atomic mass is 9.86. The molecule has 0 spiro atoms. The Kier molecular flexibility index (Phi) is 7.96. The zero-order valence-electron chi connectivity index (χ0n) is 20.4. The number of rotatable bonds is 8. The number of halogens is 2. The number of carbonyl (C=O) groups excluding carboxylic acids is 3. The van der Waals surface area contributed by atoms with E-state index in [9.17, 15) is 14.4 Å². The molecule has 0 fully saturated rings. The van der Waals surface area contributed by atoms with Crippen molar-refractivity contribution >= 4 is 46.6 Å². The molecule has 0 radical (unpaired) electrons. The summed E-state index contributed by atoms with van der Waals surface area (Å²) in [5.74, 6) is -1.71. The third kappa shape index (κ3) is 5.98. The maximum atomic E-state index is 13.3. The minimum Gasteiger partial charge on any atom is -0.376 e. The fraction of sp³-hybridized carbons (Fsp3) is 0.280. The number of carbonyl (C=O) groups is 3. The summed E-state index contributed by atoms with van der Waals surface area (Å²) in [5, 5.41) is 11.0. The van der Waals surface area contributed by atoms with Crippen LogP contribution in [0.5, 0.6) is 0 Å². The van der Waals surface area contributed by atoms with Crippen molar-refractivity contribution in [2.75, 3.05) is 11.9 Å². The van der Waals surface area contributed by atoms with Crippen molar-refractivity contribution in [1.82, 2.24) is 15.1 Å². The second-order valence-corrected chi connectivity index (χ2v) is 10.2. The first-order valence-corrected chi connectivity index (χ1v) is 11.8. The van der Waals surface area contributed by atoms with E-state index in [1.807, 2.05) is 6.07 Å². The molecule has 0 bridgehead atoms. The van der Waals surface area contributed by atoms with E-state index in [0.717, 1.165) is 0 Å². The van der Waals surface area contributed by atoms with E-state index in [-0.39, 0.29) is 12.2 Å². The van der Waals surface area contributed by atoms with Crippen LogP contribution in [0.2, 0.25) is 10.0 Å². The van der Waals surface area contributed by atoms with Gasteiger partial charge in [-0.2, -0.15) is 5.10 Å². The highest BCUT2D eigenvalue weighted by Gasteiger charge is 2.33. The van der Waals surface area contributed by atoms with Crippen LogP contribution in [0.15, 0.2) is 42.5 Å². The van der Waals surface area contributed by atoms with Gasteiger partial charge in [0.15, 0.2) is 5.69 Å². The zero-order chi connectivity index (χ0) is 26.8. The van der Waals surface area contributed by atoms with E-state index in [1.165, 1.54) is 0 Å². The van der Waals surface area contributed by atoms with E-state index >= 15 is 0 Å². The topological polar surface area (TPSA) is 145 Å². The molecule has 9 nitrogen and oxygen atoms in total. The Morgan fingerprint density at radius 1 is 1.08 bits per heavy atom. The second-order valence-electron chi connectivity index (χ2n) is 9.41. The summed E-state index contributed by atoms with van der Waals surface area (Å²) in [7, 11) is 0. The number of primary amides is 2. The van der Waals surface area contributed by atoms with Gasteiger partial charge in [-0.1, -0.05) is 56.1 Å². The number of nitrogens with one attached hydrogen (secondary N) is 2. The van der Waals surface area contributed by atoms with E-state index in [4.69, 9.17) is 34.7 Å². The normalized spacial score (nSPS) is 12.2. The lowest BCUT2D eigenvalue weighted by Gasteiger charge is -2.28. The largest absolute Gasteiger partial charge is 0.376 e. The lowest BCUT2D eigenvalue weighted by molar-refractivity contribution is -0.122. The van der Waals surface area contributed by atoms with Gasteiger partial charge in [0.25, 0.3) is 5.91 Å². The Labute approximate surface area is 219 Å². The lowest BCUT2D eigenvalue weighted by Crippen LogP contribution is -2.52. The summed E-state index contributed by atoms with van der Waals surface area (Å²) in [6, 6.07) is 11.2. The van der Waals surface area contributed by atoms with Gasteiger partial charge in [0.1, 0.15) is 6.04 Å². The molecule has 0 aliphatic rings. The van der Waals surface area contributed by atoms with Gasteiger partial charge in [-0.15, -0.1) is 0 Å². The summed E-state index contributed by atoms with van der Waals surface area (Å²) in [6.07, 6.45) is 0. The molecule has 11 heteroatoms. The third-order valence-corrected chi connectivity index (χ3v) is 6.04. The number of hydrogen-bond acceptors (Lipinski definition) is 5. The number of nitrogens with zero attached hydrogens (tertiary/aromatic N) is 2. The molecular formula is C25H28Cl2N6O3. The highest BCUT2D eigenvalue weighted by molar-refractivity contribution is 6.35. The summed E-state index contributed by atoms with van der Waals surface area (Å²) in [5.41, 5.74) is 13.3. The predicted octanol–water partition coefficient (Wildman–Crippen LogP) is 3.68. The van der Waals surface area contributed by atoms with Crippen molar-refractivity contribution < 1.29 is 14.4 Å². The molecule has 0 aliphatic carbocycles. The first kappa shape index (κ1) is 27.0. The molecule has 3 rings (SSSR count). The minimum atomic E-state index is -0.918. The van der Waals surface area contributed by atoms with E-state index in [0.29, 0.717) is 38.2 Å². The summed E-state index contributed by atoms with van der Waals surface area (Å²) in [4.78, 5) is 36.6. The summed E-state index contributed by atoms with van der Waals surface area (Å²) in [6.45, 7) is 7.12. The molecular weight excluding hydrogens is 503 g/mol. The minimum absolute atomic E-state index is 0.0420. The molecule has 0 saturated heterocycles. The van der Waals surface area contributed by atoms with Crippen LogP contribution in [0.25, 0.3) is 16.9 Å². The van der Waals surface area contributed by atoms with Crippen LogP contribution >= 0.6 is 23.2 Å². The van der Waals surface area contributed by atoms with Crippen LogP contribution in [-0.2, 0) is 9.59 Å². The number of amides is 3. The average Bonchev–Trinajstić information content (AvgIpc) is 3.12. The zero-order valence-corrected chi connectivity index (χ0v) is 21.9. The monoisotopic (exact) mass is 530 g/mol. The van der Waals surface area contributed by atoms with Crippen molar-refractivity contribution in [2.24, 2.45) is 16.9 Å². The van der Waals surface area contributed by atoms with Crippen molar-refractivity contribution in [3.8, 4) is 16.9 Å². The van der Waals surface area contributed by atoms with Crippen LogP contribution in [0.3, 0.4) is 0 Å². The second kappa shape index (κ2) is 10.6. The maximum Gasteiger partial charge on any atom is 0.272 e. The van der Waals surface area contributed by atoms with Gasteiger partial charge < -0.3 is 22.1 Å². The highest BCUT2D eigenvalue weighted by atomic mass is 35.5. The molecule has 1 aromatic heterocycles. The molecule has 1 heterocycles. The molecule has 0 saturated carbocycles. The van der Waals surface area contributed by atoms with Gasteiger partial charge in [-0.25, -0.2) is 4.68 Å². The molecule has 36 heavy (non-hydrogen) atoms. The standard InChI is InChI=1S/C25H28Cl2N6O3/c1-13-20(24(36)31-22(23(29)35)25(2,3)4)32-33(18-9-8-15(26)11-17(18)27)21(13)14-6-5-7-16(10-14)30-12-19(28)34/h5-11,22,30H,12H2,1-4H3,(H2,28,34)(H2,29,35)(H,31,36). The number of nitrogens with two attached hydrogens (primary N) is 2. The highest BCUT2D eigenvalue weighted by Crippen LogP contribution is 2.34. The van der Waals surface area contributed by atoms with E-state index in [1.54, 1.807) is 68.8 Å². The van der Waals surface area contributed by atoms with Crippen molar-refractivity contribution in [2.45, 2.75) is 33.7 Å². The molecule has 6 N–H and O–H groups in total.